The third-order valence-corrected chi connectivity index (χ3v) is 5.07. The van der Waals surface area contributed by atoms with Crippen molar-refractivity contribution in [3.63, 3.8) is 0 Å². The van der Waals surface area contributed by atoms with Crippen molar-refractivity contribution in [3.8, 4) is 11.5 Å². The fourth-order valence-corrected chi connectivity index (χ4v) is 4.20. The topological polar surface area (TPSA) is 59.0 Å². The zero-order valence-corrected chi connectivity index (χ0v) is 11.4. The molecule has 0 spiro atoms. The van der Waals surface area contributed by atoms with Crippen molar-refractivity contribution in [1.29, 1.82) is 0 Å². The van der Waals surface area contributed by atoms with E-state index in [1.807, 2.05) is 17.0 Å². The van der Waals surface area contributed by atoms with Crippen LogP contribution in [0.15, 0.2) is 18.2 Å². The Morgan fingerprint density at radius 3 is 2.76 bits per heavy atom. The van der Waals surface area contributed by atoms with Gasteiger partial charge in [0.2, 0.25) is 6.79 Å². The number of benzene rings is 1. The zero-order chi connectivity index (χ0) is 14.1. The van der Waals surface area contributed by atoms with Crippen molar-refractivity contribution >= 4 is 11.5 Å². The Balaban J connectivity index is 1.76. The SMILES string of the molecule is O=C1c2cc3c(cc2C2=C[C@@H](O)C[C@H]4CCN1[C@@H]24)OCO3. The maximum absolute atomic E-state index is 12.8. The average Bonchev–Trinajstić information content (AvgIpc) is 3.09. The fraction of sp³-hybridized carbons (Fsp3) is 0.438. The van der Waals surface area contributed by atoms with Crippen LogP contribution in [0.2, 0.25) is 0 Å². The molecule has 1 amide bonds. The van der Waals surface area contributed by atoms with E-state index in [-0.39, 0.29) is 18.7 Å². The van der Waals surface area contributed by atoms with Gasteiger partial charge in [-0.15, -0.1) is 0 Å². The van der Waals surface area contributed by atoms with Gasteiger partial charge >= 0.3 is 0 Å². The van der Waals surface area contributed by atoms with Crippen LogP contribution in [-0.2, 0) is 0 Å². The van der Waals surface area contributed by atoms with Gasteiger partial charge < -0.3 is 19.5 Å². The summed E-state index contributed by atoms with van der Waals surface area (Å²) in [5.41, 5.74) is 2.64. The van der Waals surface area contributed by atoms with E-state index in [2.05, 4.69) is 0 Å². The molecule has 0 saturated carbocycles. The van der Waals surface area contributed by atoms with Crippen LogP contribution in [0.5, 0.6) is 11.5 Å². The van der Waals surface area contributed by atoms with E-state index >= 15 is 0 Å². The van der Waals surface area contributed by atoms with Crippen molar-refractivity contribution in [1.82, 2.24) is 4.90 Å². The lowest BCUT2D eigenvalue weighted by atomic mass is 9.77. The summed E-state index contributed by atoms with van der Waals surface area (Å²) in [7, 11) is 0. The third-order valence-electron chi connectivity index (χ3n) is 5.07. The molecular weight excluding hydrogens is 270 g/mol. The highest BCUT2D eigenvalue weighted by Gasteiger charge is 2.47. The van der Waals surface area contributed by atoms with E-state index in [4.69, 9.17) is 9.47 Å². The number of rotatable bonds is 0. The quantitative estimate of drug-likeness (QED) is 0.783. The number of aliphatic hydroxyl groups excluding tert-OH is 1. The summed E-state index contributed by atoms with van der Waals surface area (Å²) in [6, 6.07) is 3.80. The van der Waals surface area contributed by atoms with E-state index in [9.17, 15) is 9.90 Å². The van der Waals surface area contributed by atoms with E-state index < -0.39 is 6.10 Å². The number of hydrogen-bond donors (Lipinski definition) is 1. The van der Waals surface area contributed by atoms with E-state index in [1.54, 1.807) is 6.07 Å². The number of carbonyl (C=O) groups excluding carboxylic acids is 1. The molecule has 3 heterocycles. The Hall–Kier alpha value is -2.01. The molecule has 1 aromatic carbocycles. The second-order valence-corrected chi connectivity index (χ2v) is 6.17. The third kappa shape index (κ3) is 1.42. The van der Waals surface area contributed by atoms with Crippen molar-refractivity contribution in [2.24, 2.45) is 5.92 Å². The minimum absolute atomic E-state index is 0.0735. The Kier molecular flexibility index (Phi) is 2.10. The van der Waals surface area contributed by atoms with Crippen molar-refractivity contribution < 1.29 is 19.4 Å². The number of nitrogens with zero attached hydrogens (tertiary/aromatic N) is 1. The number of hydrogen-bond acceptors (Lipinski definition) is 4. The Morgan fingerprint density at radius 2 is 1.95 bits per heavy atom. The average molecular weight is 285 g/mol. The van der Waals surface area contributed by atoms with E-state index in [0.717, 1.165) is 30.5 Å². The molecule has 5 heteroatoms. The zero-order valence-electron chi connectivity index (χ0n) is 11.4. The smallest absolute Gasteiger partial charge is 0.255 e. The van der Waals surface area contributed by atoms with E-state index in [0.29, 0.717) is 23.0 Å². The molecule has 0 bridgehead atoms. The number of ether oxygens (including phenoxy) is 2. The monoisotopic (exact) mass is 285 g/mol. The number of aliphatic hydroxyl groups is 1. The molecule has 108 valence electrons. The largest absolute Gasteiger partial charge is 0.454 e. The molecule has 3 aliphatic heterocycles. The van der Waals surface area contributed by atoms with Gasteiger partial charge in [0, 0.05) is 6.54 Å². The summed E-state index contributed by atoms with van der Waals surface area (Å²) >= 11 is 0. The van der Waals surface area contributed by atoms with Crippen molar-refractivity contribution in [2.75, 3.05) is 13.3 Å². The van der Waals surface area contributed by atoms with E-state index in [1.165, 1.54) is 0 Å². The normalized spacial score (nSPS) is 31.9. The molecule has 0 radical (unpaired) electrons. The summed E-state index contributed by atoms with van der Waals surface area (Å²) < 4.78 is 10.8. The molecule has 1 aliphatic carbocycles. The highest BCUT2D eigenvalue weighted by Crippen LogP contribution is 2.48. The van der Waals surface area contributed by atoms with Crippen molar-refractivity contribution in [3.05, 3.63) is 29.3 Å². The van der Waals surface area contributed by atoms with Gasteiger partial charge in [-0.3, -0.25) is 4.79 Å². The summed E-state index contributed by atoms with van der Waals surface area (Å²) in [6.45, 7) is 0.968. The first-order valence-electron chi connectivity index (χ1n) is 7.37. The second-order valence-electron chi connectivity index (χ2n) is 6.17. The first-order chi connectivity index (χ1) is 10.2. The molecule has 3 atom stereocenters. The van der Waals surface area contributed by atoms with Crippen molar-refractivity contribution in [2.45, 2.75) is 25.0 Å². The summed E-state index contributed by atoms with van der Waals surface area (Å²) in [6.07, 6.45) is 3.20. The molecule has 0 aromatic heterocycles. The summed E-state index contributed by atoms with van der Waals surface area (Å²) in [5.74, 6) is 1.76. The van der Waals surface area contributed by atoms with Crippen LogP contribution in [0.25, 0.3) is 5.57 Å². The second kappa shape index (κ2) is 3.80. The Bertz CT molecular complexity index is 696. The minimum Gasteiger partial charge on any atom is -0.454 e. The summed E-state index contributed by atoms with van der Waals surface area (Å²) in [5, 5.41) is 10.1. The van der Waals surface area contributed by atoms with Gasteiger partial charge in [-0.25, -0.2) is 0 Å². The molecule has 1 N–H and O–H groups in total. The van der Waals surface area contributed by atoms with Crippen LogP contribution >= 0.6 is 0 Å². The van der Waals surface area contributed by atoms with Gasteiger partial charge in [-0.2, -0.15) is 0 Å². The van der Waals surface area contributed by atoms with Gasteiger partial charge in [-0.05, 0) is 42.0 Å². The predicted molar refractivity (Wildman–Crippen MR) is 74.1 cm³/mol. The molecule has 0 unspecified atom stereocenters. The molecule has 1 fully saturated rings. The first kappa shape index (κ1) is 11.6. The lowest BCUT2D eigenvalue weighted by molar-refractivity contribution is 0.0724. The highest BCUT2D eigenvalue weighted by molar-refractivity contribution is 6.05. The fourth-order valence-electron chi connectivity index (χ4n) is 4.20. The predicted octanol–water partition coefficient (Wildman–Crippen LogP) is 1.41. The lowest BCUT2D eigenvalue weighted by Crippen LogP contribution is -2.45. The Morgan fingerprint density at radius 1 is 1.19 bits per heavy atom. The lowest BCUT2D eigenvalue weighted by Gasteiger charge is -2.39. The van der Waals surface area contributed by atoms with Crippen LogP contribution in [0.3, 0.4) is 0 Å². The Labute approximate surface area is 121 Å². The molecule has 4 aliphatic rings. The molecule has 5 nitrogen and oxygen atoms in total. The molecule has 1 saturated heterocycles. The van der Waals surface area contributed by atoms with Crippen LogP contribution in [0.4, 0.5) is 0 Å². The van der Waals surface area contributed by atoms with Gasteiger partial charge in [0.1, 0.15) is 0 Å². The minimum atomic E-state index is -0.423. The van der Waals surface area contributed by atoms with Crippen LogP contribution in [-0.4, -0.2) is 41.4 Å². The van der Waals surface area contributed by atoms with Gasteiger partial charge in [0.25, 0.3) is 5.91 Å². The molecular formula is C16H15NO4. The number of fused-ring (bicyclic) bond motifs is 3. The van der Waals surface area contributed by atoms with Crippen LogP contribution in [0, 0.1) is 5.92 Å². The van der Waals surface area contributed by atoms with Gasteiger partial charge in [0.15, 0.2) is 11.5 Å². The standard InChI is InChI=1S/C16H15NO4/c18-9-3-8-1-2-17-15(8)11(4-9)10-5-13-14(21-7-20-13)6-12(10)16(17)19/h4-6,8-9,15,18H,1-3,7H2/t8-,9+,15-/m1/s1. The van der Waals surface area contributed by atoms with Crippen LogP contribution < -0.4 is 9.47 Å². The number of amides is 1. The number of carbonyl (C=O) groups is 1. The summed E-state index contributed by atoms with van der Waals surface area (Å²) in [4.78, 5) is 14.7. The maximum atomic E-state index is 12.8. The molecule has 1 aromatic rings. The molecule has 5 rings (SSSR count). The highest BCUT2D eigenvalue weighted by atomic mass is 16.7. The molecule has 21 heavy (non-hydrogen) atoms. The van der Waals surface area contributed by atoms with Gasteiger partial charge in [0.05, 0.1) is 17.7 Å². The first-order valence-corrected chi connectivity index (χ1v) is 7.37. The van der Waals surface area contributed by atoms with Crippen LogP contribution in [0.1, 0.15) is 28.8 Å². The maximum Gasteiger partial charge on any atom is 0.255 e. The van der Waals surface area contributed by atoms with Gasteiger partial charge in [-0.1, -0.05) is 6.08 Å².